The minimum Gasteiger partial charge on any atom is -1.00 e. The van der Waals surface area contributed by atoms with Gasteiger partial charge in [0.2, 0.25) is 0 Å². The van der Waals surface area contributed by atoms with Crippen LogP contribution in [0.2, 0.25) is 0 Å². The van der Waals surface area contributed by atoms with E-state index in [0.29, 0.717) is 6.61 Å². The molecule has 0 saturated carbocycles. The molecule has 1 saturated heterocycles. The van der Waals surface area contributed by atoms with E-state index < -0.39 is 0 Å². The van der Waals surface area contributed by atoms with E-state index in [2.05, 4.69) is 6.92 Å². The standard InChI is InChI=1S/C8H18NO2.HI/c1-2-9(3-6-10)4-7-11-8-5-9;/h10H,2-8H2,1H3;1H/q+1;/p-1. The molecule has 12 heavy (non-hydrogen) atoms. The van der Waals surface area contributed by atoms with Crippen molar-refractivity contribution in [1.82, 2.24) is 0 Å². The highest BCUT2D eigenvalue weighted by molar-refractivity contribution is 4.48. The van der Waals surface area contributed by atoms with Gasteiger partial charge in [0.05, 0.1) is 26.4 Å². The first-order valence-corrected chi connectivity index (χ1v) is 4.37. The van der Waals surface area contributed by atoms with Crippen LogP contribution in [-0.4, -0.2) is 55.6 Å². The van der Waals surface area contributed by atoms with Crippen molar-refractivity contribution in [3.05, 3.63) is 0 Å². The summed E-state index contributed by atoms with van der Waals surface area (Å²) in [7, 11) is 0. The molecule has 0 radical (unpaired) electrons. The highest BCUT2D eigenvalue weighted by Gasteiger charge is 2.27. The van der Waals surface area contributed by atoms with E-state index in [-0.39, 0.29) is 24.0 Å². The van der Waals surface area contributed by atoms with Gasteiger partial charge in [-0.3, -0.25) is 0 Å². The fraction of sp³-hybridized carbons (Fsp3) is 1.00. The van der Waals surface area contributed by atoms with E-state index in [9.17, 15) is 0 Å². The lowest BCUT2D eigenvalue weighted by Gasteiger charge is -2.40. The van der Waals surface area contributed by atoms with Crippen LogP contribution in [0.25, 0.3) is 0 Å². The van der Waals surface area contributed by atoms with Crippen molar-refractivity contribution in [3.63, 3.8) is 0 Å². The number of morpholine rings is 1. The maximum absolute atomic E-state index is 8.86. The summed E-state index contributed by atoms with van der Waals surface area (Å²) in [6.07, 6.45) is 0. The van der Waals surface area contributed by atoms with E-state index in [1.807, 2.05) is 0 Å². The third-order valence-corrected chi connectivity index (χ3v) is 2.67. The minimum absolute atomic E-state index is 0. The van der Waals surface area contributed by atoms with Gasteiger partial charge < -0.3 is 38.3 Å². The number of nitrogens with zero attached hydrogens (tertiary/aromatic N) is 1. The summed E-state index contributed by atoms with van der Waals surface area (Å²) in [6.45, 7) is 8.33. The number of quaternary nitrogens is 1. The largest absolute Gasteiger partial charge is 1.00 e. The number of aliphatic hydroxyl groups is 1. The Morgan fingerprint density at radius 2 is 1.92 bits per heavy atom. The highest BCUT2D eigenvalue weighted by atomic mass is 127. The maximum Gasteiger partial charge on any atom is 0.103 e. The van der Waals surface area contributed by atoms with Crippen molar-refractivity contribution in [2.75, 3.05) is 46.0 Å². The van der Waals surface area contributed by atoms with Crippen molar-refractivity contribution in [3.8, 4) is 0 Å². The number of hydrogen-bond donors (Lipinski definition) is 1. The van der Waals surface area contributed by atoms with Crippen molar-refractivity contribution >= 4 is 0 Å². The van der Waals surface area contributed by atoms with Crippen LogP contribution in [0.3, 0.4) is 0 Å². The summed E-state index contributed by atoms with van der Waals surface area (Å²) >= 11 is 0. The van der Waals surface area contributed by atoms with E-state index >= 15 is 0 Å². The number of likely N-dealkylation sites (N-methyl/N-ethyl adjacent to an activating group) is 1. The second-order valence-electron chi connectivity index (χ2n) is 3.16. The van der Waals surface area contributed by atoms with Crippen LogP contribution in [0.4, 0.5) is 0 Å². The lowest BCUT2D eigenvalue weighted by Crippen LogP contribution is -3.00. The molecule has 1 aliphatic rings. The van der Waals surface area contributed by atoms with Gasteiger partial charge in [-0.25, -0.2) is 0 Å². The van der Waals surface area contributed by atoms with E-state index in [4.69, 9.17) is 9.84 Å². The van der Waals surface area contributed by atoms with Crippen LogP contribution >= 0.6 is 0 Å². The molecule has 0 aromatic carbocycles. The number of ether oxygens (including phenoxy) is 1. The molecule has 1 aliphatic heterocycles. The van der Waals surface area contributed by atoms with E-state index in [1.165, 1.54) is 0 Å². The molecular formula is C8H18INO2. The van der Waals surface area contributed by atoms with E-state index in [1.54, 1.807) is 0 Å². The molecule has 1 heterocycles. The van der Waals surface area contributed by atoms with Crippen LogP contribution in [0, 0.1) is 0 Å². The molecule has 0 unspecified atom stereocenters. The summed E-state index contributed by atoms with van der Waals surface area (Å²) < 4.78 is 6.31. The summed E-state index contributed by atoms with van der Waals surface area (Å²) in [6, 6.07) is 0. The van der Waals surface area contributed by atoms with Crippen molar-refractivity contribution in [2.24, 2.45) is 0 Å². The predicted molar refractivity (Wildman–Crippen MR) is 43.3 cm³/mol. The maximum atomic E-state index is 8.86. The fourth-order valence-corrected chi connectivity index (χ4v) is 1.64. The lowest BCUT2D eigenvalue weighted by molar-refractivity contribution is -0.933. The molecule has 1 fully saturated rings. The van der Waals surface area contributed by atoms with Crippen molar-refractivity contribution in [2.45, 2.75) is 6.92 Å². The normalized spacial score (nSPS) is 21.5. The molecule has 0 amide bonds. The zero-order valence-electron chi connectivity index (χ0n) is 7.63. The third kappa shape index (κ3) is 3.16. The van der Waals surface area contributed by atoms with Gasteiger partial charge in [0.25, 0.3) is 0 Å². The monoisotopic (exact) mass is 287 g/mol. The molecule has 0 bridgehead atoms. The van der Waals surface area contributed by atoms with Crippen molar-refractivity contribution < 1.29 is 38.3 Å². The molecule has 4 heteroatoms. The Morgan fingerprint density at radius 3 is 2.33 bits per heavy atom. The molecule has 74 valence electrons. The van der Waals surface area contributed by atoms with Gasteiger partial charge in [0.1, 0.15) is 19.6 Å². The molecule has 1 N–H and O–H groups in total. The minimum atomic E-state index is 0. The summed E-state index contributed by atoms with van der Waals surface area (Å²) in [5, 5.41) is 8.86. The van der Waals surface area contributed by atoms with Gasteiger partial charge in [-0.05, 0) is 6.92 Å². The Morgan fingerprint density at radius 1 is 1.33 bits per heavy atom. The number of rotatable bonds is 3. The van der Waals surface area contributed by atoms with Crippen molar-refractivity contribution in [1.29, 1.82) is 0 Å². The molecule has 0 atom stereocenters. The number of aliphatic hydroxyl groups excluding tert-OH is 1. The molecule has 1 rings (SSSR count). The van der Waals surface area contributed by atoms with Crippen LogP contribution < -0.4 is 24.0 Å². The second kappa shape index (κ2) is 6.12. The summed E-state index contributed by atoms with van der Waals surface area (Å²) in [4.78, 5) is 0. The van der Waals surface area contributed by atoms with Crippen LogP contribution in [0.15, 0.2) is 0 Å². The van der Waals surface area contributed by atoms with Crippen LogP contribution in [-0.2, 0) is 4.74 Å². The fourth-order valence-electron chi connectivity index (χ4n) is 1.64. The first-order chi connectivity index (χ1) is 5.33. The lowest BCUT2D eigenvalue weighted by atomic mass is 10.3. The number of hydrogen-bond acceptors (Lipinski definition) is 2. The van der Waals surface area contributed by atoms with Gasteiger partial charge >= 0.3 is 0 Å². The van der Waals surface area contributed by atoms with Gasteiger partial charge in [-0.15, -0.1) is 0 Å². The molecule has 3 nitrogen and oxygen atoms in total. The SMILES string of the molecule is CC[N+]1(CCO)CCOCC1.[I-]. The third-order valence-electron chi connectivity index (χ3n) is 2.67. The summed E-state index contributed by atoms with van der Waals surface area (Å²) in [5.41, 5.74) is 0. The quantitative estimate of drug-likeness (QED) is 0.439. The Kier molecular flexibility index (Phi) is 6.43. The molecule has 0 aromatic rings. The molecule has 0 aliphatic carbocycles. The Hall–Kier alpha value is 0.610. The first kappa shape index (κ1) is 12.6. The second-order valence-corrected chi connectivity index (χ2v) is 3.16. The average Bonchev–Trinajstić information content (AvgIpc) is 2.07. The zero-order chi connectivity index (χ0) is 8.16. The van der Waals surface area contributed by atoms with Gasteiger partial charge in [-0.2, -0.15) is 0 Å². The van der Waals surface area contributed by atoms with Crippen LogP contribution in [0.5, 0.6) is 0 Å². The van der Waals surface area contributed by atoms with Gasteiger partial charge in [0.15, 0.2) is 0 Å². The average molecular weight is 287 g/mol. The molecule has 0 aromatic heterocycles. The molecule has 0 spiro atoms. The summed E-state index contributed by atoms with van der Waals surface area (Å²) in [5.74, 6) is 0. The van der Waals surface area contributed by atoms with E-state index in [0.717, 1.165) is 43.9 Å². The Bertz CT molecular complexity index is 110. The Labute approximate surface area is 91.3 Å². The predicted octanol–water partition coefficient (Wildman–Crippen LogP) is -3.15. The number of halogens is 1. The first-order valence-electron chi connectivity index (χ1n) is 4.37. The highest BCUT2D eigenvalue weighted by Crippen LogP contribution is 2.09. The van der Waals surface area contributed by atoms with Gasteiger partial charge in [-0.1, -0.05) is 0 Å². The smallest absolute Gasteiger partial charge is 0.103 e. The van der Waals surface area contributed by atoms with Crippen LogP contribution in [0.1, 0.15) is 6.92 Å². The topological polar surface area (TPSA) is 29.5 Å². The van der Waals surface area contributed by atoms with Gasteiger partial charge in [0, 0.05) is 0 Å². The zero-order valence-corrected chi connectivity index (χ0v) is 9.79. The Balaban J connectivity index is 0.00000121. The molecular weight excluding hydrogens is 269 g/mol.